The van der Waals surface area contributed by atoms with Crippen molar-refractivity contribution in [3.63, 3.8) is 0 Å². The average molecular weight is 405 g/mol. The first kappa shape index (κ1) is 19.8. The minimum atomic E-state index is -0.0541. The van der Waals surface area contributed by atoms with E-state index in [1.807, 2.05) is 26.0 Å². The topological polar surface area (TPSA) is 76.9 Å². The number of thioether (sulfide) groups is 1. The normalized spacial score (nSPS) is 12.8. The third-order valence-corrected chi connectivity index (χ3v) is 6.28. The fourth-order valence-corrected chi connectivity index (χ4v) is 4.57. The number of hydrogen-bond donors (Lipinski definition) is 1. The SMILES string of the molecule is CCC(C)NC(=O)CSc1nc2c(sc3ncccc32)c(=O)n1CC(C)C. The van der Waals surface area contributed by atoms with Crippen LogP contribution in [0.5, 0.6) is 0 Å². The number of hydrogen-bond acceptors (Lipinski definition) is 6. The number of amides is 1. The van der Waals surface area contributed by atoms with E-state index in [2.05, 4.69) is 24.1 Å². The van der Waals surface area contributed by atoms with Crippen LogP contribution in [0.2, 0.25) is 0 Å². The molecule has 1 atom stereocenters. The maximum absolute atomic E-state index is 13.1. The van der Waals surface area contributed by atoms with Gasteiger partial charge in [0.25, 0.3) is 5.56 Å². The molecule has 3 heterocycles. The van der Waals surface area contributed by atoms with Gasteiger partial charge >= 0.3 is 0 Å². The molecular weight excluding hydrogens is 380 g/mol. The smallest absolute Gasteiger partial charge is 0.272 e. The first-order valence-electron chi connectivity index (χ1n) is 9.10. The molecule has 0 saturated carbocycles. The van der Waals surface area contributed by atoms with Gasteiger partial charge in [0.2, 0.25) is 5.91 Å². The molecule has 0 saturated heterocycles. The standard InChI is InChI=1S/C19H24N4O2S2/c1-5-12(4)21-14(24)10-26-19-22-15-13-7-6-8-20-17(13)27-16(15)18(25)23(19)9-11(2)3/h6-8,11-12H,5,9-10H2,1-4H3,(H,21,24). The Labute approximate surface area is 166 Å². The van der Waals surface area contributed by atoms with Gasteiger partial charge < -0.3 is 5.32 Å². The number of aromatic nitrogens is 3. The van der Waals surface area contributed by atoms with Crippen molar-refractivity contribution in [1.82, 2.24) is 19.9 Å². The summed E-state index contributed by atoms with van der Waals surface area (Å²) in [6, 6.07) is 3.92. The van der Waals surface area contributed by atoms with Crippen LogP contribution in [0, 0.1) is 5.92 Å². The van der Waals surface area contributed by atoms with Gasteiger partial charge in [-0.05, 0) is 31.4 Å². The third-order valence-electron chi connectivity index (χ3n) is 4.22. The lowest BCUT2D eigenvalue weighted by Gasteiger charge is -2.15. The molecule has 8 heteroatoms. The van der Waals surface area contributed by atoms with Crippen LogP contribution in [-0.2, 0) is 11.3 Å². The molecule has 6 nitrogen and oxygen atoms in total. The second-order valence-electron chi connectivity index (χ2n) is 7.01. The van der Waals surface area contributed by atoms with Gasteiger partial charge in [-0.15, -0.1) is 11.3 Å². The van der Waals surface area contributed by atoms with Crippen LogP contribution < -0.4 is 10.9 Å². The number of nitrogens with one attached hydrogen (secondary N) is 1. The van der Waals surface area contributed by atoms with E-state index < -0.39 is 0 Å². The summed E-state index contributed by atoms with van der Waals surface area (Å²) < 4.78 is 2.32. The van der Waals surface area contributed by atoms with Gasteiger partial charge in [-0.3, -0.25) is 14.2 Å². The maximum atomic E-state index is 13.1. The van der Waals surface area contributed by atoms with Gasteiger partial charge in [0.1, 0.15) is 9.53 Å². The molecule has 0 bridgehead atoms. The number of thiophene rings is 1. The third kappa shape index (κ3) is 4.32. The molecule has 3 rings (SSSR count). The fourth-order valence-electron chi connectivity index (χ4n) is 2.73. The summed E-state index contributed by atoms with van der Waals surface area (Å²) in [5.74, 6) is 0.486. The summed E-state index contributed by atoms with van der Waals surface area (Å²) in [6.07, 6.45) is 2.60. The molecule has 0 aromatic carbocycles. The lowest BCUT2D eigenvalue weighted by Crippen LogP contribution is -2.33. The van der Waals surface area contributed by atoms with Crippen LogP contribution in [0.1, 0.15) is 34.1 Å². The van der Waals surface area contributed by atoms with E-state index in [9.17, 15) is 9.59 Å². The van der Waals surface area contributed by atoms with Crippen molar-refractivity contribution in [3.05, 3.63) is 28.7 Å². The maximum Gasteiger partial charge on any atom is 0.272 e. The molecule has 3 aromatic rings. The Morgan fingerprint density at radius 1 is 1.37 bits per heavy atom. The van der Waals surface area contributed by atoms with Crippen LogP contribution in [0.15, 0.2) is 28.3 Å². The quantitative estimate of drug-likeness (QED) is 0.480. The molecule has 1 unspecified atom stereocenters. The van der Waals surface area contributed by atoms with Crippen LogP contribution in [0.3, 0.4) is 0 Å². The molecule has 1 N–H and O–H groups in total. The summed E-state index contributed by atoms with van der Waals surface area (Å²) in [4.78, 5) is 35.2. The van der Waals surface area contributed by atoms with E-state index in [4.69, 9.17) is 4.98 Å². The van der Waals surface area contributed by atoms with Crippen molar-refractivity contribution in [3.8, 4) is 0 Å². The van der Waals surface area contributed by atoms with E-state index in [1.54, 1.807) is 10.8 Å². The number of fused-ring (bicyclic) bond motifs is 3. The van der Waals surface area contributed by atoms with Gasteiger partial charge in [0.05, 0.1) is 11.3 Å². The second-order valence-corrected chi connectivity index (χ2v) is 8.95. The molecule has 27 heavy (non-hydrogen) atoms. The van der Waals surface area contributed by atoms with Crippen molar-refractivity contribution in [2.45, 2.75) is 51.9 Å². The van der Waals surface area contributed by atoms with E-state index >= 15 is 0 Å². The summed E-state index contributed by atoms with van der Waals surface area (Å²) >= 11 is 2.69. The Kier molecular flexibility index (Phi) is 6.16. The zero-order chi connectivity index (χ0) is 19.6. The monoisotopic (exact) mass is 404 g/mol. The van der Waals surface area contributed by atoms with Crippen molar-refractivity contribution in [2.75, 3.05) is 5.75 Å². The molecule has 0 aliphatic heterocycles. The largest absolute Gasteiger partial charge is 0.353 e. The van der Waals surface area contributed by atoms with Crippen LogP contribution in [-0.4, -0.2) is 32.2 Å². The highest BCUT2D eigenvalue weighted by Gasteiger charge is 2.18. The molecule has 0 spiro atoms. The first-order valence-corrected chi connectivity index (χ1v) is 10.9. The second kappa shape index (κ2) is 8.39. The van der Waals surface area contributed by atoms with Crippen molar-refractivity contribution >= 4 is 49.4 Å². The minimum Gasteiger partial charge on any atom is -0.353 e. The van der Waals surface area contributed by atoms with Crippen LogP contribution >= 0.6 is 23.1 Å². The highest BCUT2D eigenvalue weighted by atomic mass is 32.2. The van der Waals surface area contributed by atoms with Gasteiger partial charge in [0.15, 0.2) is 5.16 Å². The summed E-state index contributed by atoms with van der Waals surface area (Å²) in [6.45, 7) is 8.70. The first-order chi connectivity index (χ1) is 12.9. The Bertz CT molecular complexity index is 1030. The highest BCUT2D eigenvalue weighted by Crippen LogP contribution is 2.30. The summed E-state index contributed by atoms with van der Waals surface area (Å²) in [5, 5.41) is 4.43. The molecule has 0 fully saturated rings. The van der Waals surface area contributed by atoms with Crippen molar-refractivity contribution < 1.29 is 4.79 Å². The molecule has 0 aliphatic rings. The van der Waals surface area contributed by atoms with Crippen molar-refractivity contribution in [2.24, 2.45) is 5.92 Å². The Morgan fingerprint density at radius 3 is 2.85 bits per heavy atom. The van der Waals surface area contributed by atoms with Gasteiger partial charge in [-0.2, -0.15) is 0 Å². The van der Waals surface area contributed by atoms with Crippen LogP contribution in [0.25, 0.3) is 20.4 Å². The summed E-state index contributed by atoms with van der Waals surface area (Å²) in [5.41, 5.74) is 0.625. The number of pyridine rings is 1. The van der Waals surface area contributed by atoms with E-state index in [0.717, 1.165) is 16.6 Å². The lowest BCUT2D eigenvalue weighted by molar-refractivity contribution is -0.119. The summed E-state index contributed by atoms with van der Waals surface area (Å²) in [7, 11) is 0. The number of carbonyl (C=O) groups is 1. The van der Waals surface area contributed by atoms with E-state index in [-0.39, 0.29) is 23.3 Å². The van der Waals surface area contributed by atoms with Gasteiger partial charge in [0, 0.05) is 24.2 Å². The molecule has 1 amide bonds. The number of carbonyl (C=O) groups excluding carboxylic acids is 1. The predicted octanol–water partition coefficient (Wildman–Crippen LogP) is 3.67. The number of rotatable bonds is 7. The van der Waals surface area contributed by atoms with E-state index in [1.165, 1.54) is 23.1 Å². The van der Waals surface area contributed by atoms with Gasteiger partial charge in [-0.25, -0.2) is 9.97 Å². The molecule has 0 aliphatic carbocycles. The molecular formula is C19H24N4O2S2. The Hall–Kier alpha value is -1.93. The Balaban J connectivity index is 2.02. The molecule has 0 radical (unpaired) electrons. The molecule has 3 aromatic heterocycles. The molecule has 144 valence electrons. The zero-order valence-electron chi connectivity index (χ0n) is 16.0. The van der Waals surface area contributed by atoms with Gasteiger partial charge in [-0.1, -0.05) is 32.5 Å². The van der Waals surface area contributed by atoms with Crippen LogP contribution in [0.4, 0.5) is 0 Å². The highest BCUT2D eigenvalue weighted by molar-refractivity contribution is 7.99. The predicted molar refractivity (Wildman–Crippen MR) is 113 cm³/mol. The zero-order valence-corrected chi connectivity index (χ0v) is 17.6. The fraction of sp³-hybridized carbons (Fsp3) is 0.474. The average Bonchev–Trinajstić information content (AvgIpc) is 3.01. The minimum absolute atomic E-state index is 0.0448. The number of nitrogens with zero attached hydrogens (tertiary/aromatic N) is 3. The lowest BCUT2D eigenvalue weighted by atomic mass is 10.2. The van der Waals surface area contributed by atoms with E-state index in [0.29, 0.717) is 27.8 Å². The van der Waals surface area contributed by atoms with Crippen molar-refractivity contribution in [1.29, 1.82) is 0 Å². The Morgan fingerprint density at radius 2 is 2.15 bits per heavy atom.